The second-order valence-corrected chi connectivity index (χ2v) is 7.63. The van der Waals surface area contributed by atoms with Gasteiger partial charge in [0.25, 0.3) is 5.91 Å². The van der Waals surface area contributed by atoms with Gasteiger partial charge < -0.3 is 4.90 Å². The van der Waals surface area contributed by atoms with E-state index in [9.17, 15) is 4.79 Å². The Morgan fingerprint density at radius 3 is 2.52 bits per heavy atom. The molecule has 0 saturated heterocycles. The second kappa shape index (κ2) is 6.99. The number of benzene rings is 2. The smallest absolute Gasteiger partial charge is 0.255 e. The third-order valence-corrected chi connectivity index (χ3v) is 5.29. The molecule has 0 fully saturated rings. The molecule has 1 amide bonds. The highest BCUT2D eigenvalue weighted by atomic mass is 16.2. The van der Waals surface area contributed by atoms with E-state index in [1.54, 1.807) is 6.20 Å². The van der Waals surface area contributed by atoms with Crippen LogP contribution in [0.5, 0.6) is 0 Å². The first-order valence-electron chi connectivity index (χ1n) is 9.45. The molecule has 136 valence electrons. The Labute approximate surface area is 160 Å². The molecule has 1 aliphatic rings. The average molecular weight is 356 g/mol. The molecule has 0 radical (unpaired) electrons. The van der Waals surface area contributed by atoms with Gasteiger partial charge in [0, 0.05) is 36.6 Å². The molecule has 1 aromatic heterocycles. The van der Waals surface area contributed by atoms with Crippen molar-refractivity contribution in [3.05, 3.63) is 88.7 Å². The lowest BCUT2D eigenvalue weighted by atomic mass is 9.97. The van der Waals surface area contributed by atoms with Gasteiger partial charge >= 0.3 is 0 Å². The summed E-state index contributed by atoms with van der Waals surface area (Å²) in [5.41, 5.74) is 7.71. The molecular weight excluding hydrogens is 332 g/mol. The van der Waals surface area contributed by atoms with E-state index in [0.29, 0.717) is 19.0 Å². The molecule has 4 rings (SSSR count). The van der Waals surface area contributed by atoms with Gasteiger partial charge in [-0.25, -0.2) is 0 Å². The molecule has 2 aromatic carbocycles. The maximum Gasteiger partial charge on any atom is 0.255 e. The van der Waals surface area contributed by atoms with Crippen LogP contribution in [0.2, 0.25) is 0 Å². The van der Waals surface area contributed by atoms with E-state index in [-0.39, 0.29) is 5.91 Å². The van der Waals surface area contributed by atoms with Crippen molar-refractivity contribution < 1.29 is 4.79 Å². The number of amides is 1. The van der Waals surface area contributed by atoms with Gasteiger partial charge in [0.1, 0.15) is 0 Å². The average Bonchev–Trinajstić information content (AvgIpc) is 2.99. The van der Waals surface area contributed by atoms with Crippen LogP contribution in [0.15, 0.2) is 60.9 Å². The van der Waals surface area contributed by atoms with Crippen LogP contribution < -0.4 is 0 Å². The predicted molar refractivity (Wildman–Crippen MR) is 109 cm³/mol. The van der Waals surface area contributed by atoms with Crippen molar-refractivity contribution in [1.82, 2.24) is 9.88 Å². The number of fused-ring (bicyclic) bond motifs is 1. The summed E-state index contributed by atoms with van der Waals surface area (Å²) in [5.74, 6) is 0.651. The van der Waals surface area contributed by atoms with Crippen LogP contribution in [0, 0.1) is 6.92 Å². The molecule has 3 nitrogen and oxygen atoms in total. The Morgan fingerprint density at radius 2 is 1.85 bits per heavy atom. The molecule has 0 aliphatic carbocycles. The van der Waals surface area contributed by atoms with Crippen molar-refractivity contribution in [2.75, 3.05) is 0 Å². The molecule has 27 heavy (non-hydrogen) atoms. The van der Waals surface area contributed by atoms with Gasteiger partial charge in [-0.15, -0.1) is 0 Å². The van der Waals surface area contributed by atoms with Crippen molar-refractivity contribution >= 4 is 5.91 Å². The van der Waals surface area contributed by atoms with E-state index >= 15 is 0 Å². The van der Waals surface area contributed by atoms with Crippen LogP contribution in [0.1, 0.15) is 52.4 Å². The summed E-state index contributed by atoms with van der Waals surface area (Å²) in [6.45, 7) is 7.72. The molecule has 2 heterocycles. The quantitative estimate of drug-likeness (QED) is 0.632. The van der Waals surface area contributed by atoms with Crippen molar-refractivity contribution in [2.45, 2.75) is 39.8 Å². The first-order valence-corrected chi connectivity index (χ1v) is 9.45. The van der Waals surface area contributed by atoms with E-state index in [2.05, 4.69) is 61.3 Å². The number of pyridine rings is 1. The van der Waals surface area contributed by atoms with Gasteiger partial charge in [0.2, 0.25) is 0 Å². The summed E-state index contributed by atoms with van der Waals surface area (Å²) in [7, 11) is 0. The van der Waals surface area contributed by atoms with Gasteiger partial charge in [0.15, 0.2) is 0 Å². The van der Waals surface area contributed by atoms with Crippen molar-refractivity contribution in [3.63, 3.8) is 0 Å². The van der Waals surface area contributed by atoms with E-state index in [0.717, 1.165) is 27.8 Å². The Bertz CT molecular complexity index is 975. The minimum atomic E-state index is 0.133. The van der Waals surface area contributed by atoms with Gasteiger partial charge in [-0.1, -0.05) is 50.2 Å². The first kappa shape index (κ1) is 17.5. The number of carbonyl (C=O) groups excluding carboxylic acids is 1. The molecular formula is C24H24N2O. The zero-order chi connectivity index (χ0) is 19.0. The third kappa shape index (κ3) is 3.37. The monoisotopic (exact) mass is 356 g/mol. The number of hydrogen-bond donors (Lipinski definition) is 0. The topological polar surface area (TPSA) is 33.2 Å². The van der Waals surface area contributed by atoms with Gasteiger partial charge in [-0.2, -0.15) is 0 Å². The number of aromatic nitrogens is 1. The molecule has 0 saturated carbocycles. The lowest BCUT2D eigenvalue weighted by Gasteiger charge is -2.16. The summed E-state index contributed by atoms with van der Waals surface area (Å²) < 4.78 is 0. The van der Waals surface area contributed by atoms with E-state index in [1.165, 1.54) is 11.1 Å². The van der Waals surface area contributed by atoms with Crippen LogP contribution in [0.4, 0.5) is 0 Å². The maximum atomic E-state index is 13.0. The molecule has 0 N–H and O–H groups in total. The van der Waals surface area contributed by atoms with Crippen LogP contribution in [0.3, 0.4) is 0 Å². The standard InChI is InChI=1S/C24H24N2O/c1-16(2)19-8-6-18(7-9-19)14-26-15-22-12-21(20-5-4-10-25-13-20)11-17(3)23(22)24(26)27/h4-13,16H,14-15H2,1-3H3. The number of aryl methyl sites for hydroxylation is 1. The fourth-order valence-corrected chi connectivity index (χ4v) is 3.78. The largest absolute Gasteiger partial charge is 0.330 e. The third-order valence-electron chi connectivity index (χ3n) is 5.29. The second-order valence-electron chi connectivity index (χ2n) is 7.63. The van der Waals surface area contributed by atoms with Gasteiger partial charge in [-0.3, -0.25) is 9.78 Å². The molecule has 3 heteroatoms. The maximum absolute atomic E-state index is 13.0. The minimum absolute atomic E-state index is 0.133. The van der Waals surface area contributed by atoms with E-state index in [1.807, 2.05) is 24.1 Å². The van der Waals surface area contributed by atoms with Crippen LogP contribution in [-0.2, 0) is 13.1 Å². The normalized spacial score (nSPS) is 13.3. The number of hydrogen-bond acceptors (Lipinski definition) is 2. The molecule has 0 atom stereocenters. The Kier molecular flexibility index (Phi) is 4.53. The predicted octanol–water partition coefficient (Wildman–Crippen LogP) is 5.34. The summed E-state index contributed by atoms with van der Waals surface area (Å²) in [6.07, 6.45) is 3.64. The molecule has 3 aromatic rings. The molecule has 0 spiro atoms. The highest BCUT2D eigenvalue weighted by Gasteiger charge is 2.29. The highest BCUT2D eigenvalue weighted by molar-refractivity contribution is 6.00. The summed E-state index contributed by atoms with van der Waals surface area (Å²) in [5, 5.41) is 0. The fraction of sp³-hybridized carbons (Fsp3) is 0.250. The first-order chi connectivity index (χ1) is 13.0. The van der Waals surface area contributed by atoms with Crippen LogP contribution in [0.25, 0.3) is 11.1 Å². The fourth-order valence-electron chi connectivity index (χ4n) is 3.78. The zero-order valence-electron chi connectivity index (χ0n) is 16.1. The van der Waals surface area contributed by atoms with Crippen molar-refractivity contribution in [3.8, 4) is 11.1 Å². The Balaban J connectivity index is 1.59. The molecule has 0 unspecified atom stereocenters. The zero-order valence-corrected chi connectivity index (χ0v) is 16.1. The number of nitrogens with zero attached hydrogens (tertiary/aromatic N) is 2. The lowest BCUT2D eigenvalue weighted by molar-refractivity contribution is 0.0766. The van der Waals surface area contributed by atoms with E-state index < -0.39 is 0 Å². The summed E-state index contributed by atoms with van der Waals surface area (Å²) in [6, 6.07) is 16.8. The molecule has 0 bridgehead atoms. The Morgan fingerprint density at radius 1 is 1.07 bits per heavy atom. The lowest BCUT2D eigenvalue weighted by Crippen LogP contribution is -2.23. The van der Waals surface area contributed by atoms with Crippen molar-refractivity contribution in [1.29, 1.82) is 0 Å². The van der Waals surface area contributed by atoms with Crippen molar-refractivity contribution in [2.24, 2.45) is 0 Å². The molecule has 1 aliphatic heterocycles. The highest BCUT2D eigenvalue weighted by Crippen LogP contribution is 2.32. The SMILES string of the molecule is Cc1cc(-c2cccnc2)cc2c1C(=O)N(Cc1ccc(C(C)C)cc1)C2. The van der Waals surface area contributed by atoms with Gasteiger partial charge in [-0.05, 0) is 52.8 Å². The number of carbonyl (C=O) groups is 1. The summed E-state index contributed by atoms with van der Waals surface area (Å²) >= 11 is 0. The van der Waals surface area contributed by atoms with Crippen LogP contribution >= 0.6 is 0 Å². The summed E-state index contributed by atoms with van der Waals surface area (Å²) in [4.78, 5) is 19.1. The minimum Gasteiger partial charge on any atom is -0.330 e. The number of rotatable bonds is 4. The Hall–Kier alpha value is -2.94. The van der Waals surface area contributed by atoms with Crippen LogP contribution in [-0.4, -0.2) is 15.8 Å². The van der Waals surface area contributed by atoms with E-state index in [4.69, 9.17) is 0 Å². The van der Waals surface area contributed by atoms with Gasteiger partial charge in [0.05, 0.1) is 0 Å².